The normalized spacial score (nSPS) is 15.7. The van der Waals surface area contributed by atoms with Gasteiger partial charge in [-0.25, -0.2) is 9.97 Å². The number of aliphatic hydroxyl groups is 1. The minimum absolute atomic E-state index is 0.0615. The summed E-state index contributed by atoms with van der Waals surface area (Å²) in [4.78, 5) is 9.58. The number of benzene rings is 2. The van der Waals surface area contributed by atoms with Crippen molar-refractivity contribution in [2.75, 3.05) is 11.9 Å². The highest BCUT2D eigenvalue weighted by Crippen LogP contribution is 2.36. The van der Waals surface area contributed by atoms with Crippen LogP contribution in [-0.2, 0) is 6.42 Å². The predicted molar refractivity (Wildman–Crippen MR) is 101 cm³/mol. The van der Waals surface area contributed by atoms with Gasteiger partial charge in [-0.2, -0.15) is 0 Å². The molecule has 4 nitrogen and oxygen atoms in total. The third-order valence-electron chi connectivity index (χ3n) is 4.98. The predicted octanol–water partition coefficient (Wildman–Crippen LogP) is 3.91. The van der Waals surface area contributed by atoms with Crippen LogP contribution in [0.1, 0.15) is 36.6 Å². The van der Waals surface area contributed by atoms with Crippen LogP contribution in [0.5, 0.6) is 0 Å². The second-order valence-electron chi connectivity index (χ2n) is 6.79. The van der Waals surface area contributed by atoms with Gasteiger partial charge in [0.05, 0.1) is 18.2 Å². The zero-order chi connectivity index (χ0) is 17.1. The fourth-order valence-corrected chi connectivity index (χ4v) is 3.31. The molecular weight excluding hydrogens is 310 g/mol. The minimum Gasteiger partial charge on any atom is -0.394 e. The van der Waals surface area contributed by atoms with E-state index in [1.807, 2.05) is 42.5 Å². The van der Waals surface area contributed by atoms with Crippen LogP contribution in [0.3, 0.4) is 0 Å². The zero-order valence-electron chi connectivity index (χ0n) is 14.2. The van der Waals surface area contributed by atoms with Crippen LogP contribution in [0.2, 0.25) is 0 Å². The molecule has 0 amide bonds. The summed E-state index contributed by atoms with van der Waals surface area (Å²) in [5.41, 5.74) is 2.17. The van der Waals surface area contributed by atoms with Crippen LogP contribution < -0.4 is 5.32 Å². The van der Waals surface area contributed by atoms with Gasteiger partial charge in [0.2, 0.25) is 0 Å². The summed E-state index contributed by atoms with van der Waals surface area (Å²) in [6.07, 6.45) is 4.36. The van der Waals surface area contributed by atoms with Crippen molar-refractivity contribution in [1.29, 1.82) is 0 Å². The molecule has 1 fully saturated rings. The van der Waals surface area contributed by atoms with E-state index in [2.05, 4.69) is 17.4 Å². The molecule has 2 N–H and O–H groups in total. The van der Waals surface area contributed by atoms with Crippen LogP contribution in [0.25, 0.3) is 10.9 Å². The fourth-order valence-electron chi connectivity index (χ4n) is 3.31. The lowest BCUT2D eigenvalue weighted by molar-refractivity contribution is 0.273. The van der Waals surface area contributed by atoms with E-state index in [1.165, 1.54) is 24.8 Å². The molecule has 1 atom stereocenters. The molecule has 4 heteroatoms. The number of hydrogen-bond acceptors (Lipinski definition) is 4. The van der Waals surface area contributed by atoms with Gasteiger partial charge < -0.3 is 10.4 Å². The largest absolute Gasteiger partial charge is 0.394 e. The van der Waals surface area contributed by atoms with Gasteiger partial charge in [-0.1, -0.05) is 48.9 Å². The molecule has 0 spiro atoms. The lowest BCUT2D eigenvalue weighted by Gasteiger charge is -2.25. The first-order chi connectivity index (χ1) is 12.3. The zero-order valence-corrected chi connectivity index (χ0v) is 14.2. The lowest BCUT2D eigenvalue weighted by atomic mass is 9.85. The Bertz CT molecular complexity index is 846. The summed E-state index contributed by atoms with van der Waals surface area (Å²) in [7, 11) is 0. The Labute approximate surface area is 148 Å². The van der Waals surface area contributed by atoms with E-state index in [0.717, 1.165) is 29.0 Å². The van der Waals surface area contributed by atoms with Crippen LogP contribution in [0.4, 0.5) is 5.82 Å². The van der Waals surface area contributed by atoms with Crippen LogP contribution in [-0.4, -0.2) is 27.7 Å². The minimum atomic E-state index is -0.0741. The third kappa shape index (κ3) is 3.49. The molecule has 0 unspecified atom stereocenters. The van der Waals surface area contributed by atoms with Gasteiger partial charge in [0, 0.05) is 11.3 Å². The number of aliphatic hydroxyl groups excluding tert-OH is 1. The summed E-state index contributed by atoms with van der Waals surface area (Å²) < 4.78 is 0. The van der Waals surface area contributed by atoms with Gasteiger partial charge in [-0.15, -0.1) is 0 Å². The molecule has 1 aliphatic rings. The molecule has 0 saturated heterocycles. The first kappa shape index (κ1) is 16.0. The van der Waals surface area contributed by atoms with Gasteiger partial charge in [0.25, 0.3) is 0 Å². The fraction of sp³-hybridized carbons (Fsp3) is 0.333. The number of para-hydroxylation sites is 1. The number of hydrogen-bond donors (Lipinski definition) is 2. The quantitative estimate of drug-likeness (QED) is 0.718. The number of nitrogens with zero attached hydrogens (tertiary/aromatic N) is 2. The molecule has 25 heavy (non-hydrogen) atoms. The summed E-state index contributed by atoms with van der Waals surface area (Å²) in [5, 5.41) is 14.3. The Morgan fingerprint density at radius 3 is 2.48 bits per heavy atom. The Morgan fingerprint density at radius 2 is 1.76 bits per heavy atom. The Kier molecular flexibility index (Phi) is 4.61. The Hall–Kier alpha value is -2.46. The van der Waals surface area contributed by atoms with Gasteiger partial charge >= 0.3 is 0 Å². The second-order valence-corrected chi connectivity index (χ2v) is 6.79. The van der Waals surface area contributed by atoms with Crippen molar-refractivity contribution in [3.8, 4) is 0 Å². The first-order valence-corrected chi connectivity index (χ1v) is 9.01. The summed E-state index contributed by atoms with van der Waals surface area (Å²) in [6, 6.07) is 18.3. The molecule has 3 aromatic rings. The summed E-state index contributed by atoms with van der Waals surface area (Å²) in [5.74, 6) is 2.25. The number of anilines is 1. The summed E-state index contributed by atoms with van der Waals surface area (Å²) >= 11 is 0. The highest BCUT2D eigenvalue weighted by Gasteiger charge is 2.24. The smallest absolute Gasteiger partial charge is 0.137 e. The Morgan fingerprint density at radius 1 is 1.00 bits per heavy atom. The lowest BCUT2D eigenvalue weighted by Crippen LogP contribution is -2.27. The van der Waals surface area contributed by atoms with E-state index >= 15 is 0 Å². The maximum Gasteiger partial charge on any atom is 0.137 e. The standard InChI is InChI=1S/C21H23N3O/c25-14-17(13-15-7-2-1-3-8-15)22-21-18-11-4-5-12-19(18)23-20(24-21)16-9-6-10-16/h1-5,7-8,11-12,16-17,25H,6,9-10,13-14H2,(H,22,23,24)/t17-/m0/s1. The highest BCUT2D eigenvalue weighted by molar-refractivity contribution is 5.89. The maximum absolute atomic E-state index is 9.85. The van der Waals surface area contributed by atoms with Crippen molar-refractivity contribution < 1.29 is 5.11 Å². The van der Waals surface area contributed by atoms with E-state index < -0.39 is 0 Å². The molecular formula is C21H23N3O. The maximum atomic E-state index is 9.85. The van der Waals surface area contributed by atoms with Crippen molar-refractivity contribution >= 4 is 16.7 Å². The molecule has 1 heterocycles. The number of nitrogens with one attached hydrogen (secondary N) is 1. The molecule has 4 rings (SSSR count). The van der Waals surface area contributed by atoms with E-state index in [0.29, 0.717) is 5.92 Å². The average Bonchev–Trinajstić information content (AvgIpc) is 2.60. The SMILES string of the molecule is OC[C@H](Cc1ccccc1)Nc1nc(C2CCC2)nc2ccccc12. The first-order valence-electron chi connectivity index (χ1n) is 9.01. The van der Waals surface area contributed by atoms with E-state index in [1.54, 1.807) is 0 Å². The molecule has 1 saturated carbocycles. The molecule has 0 aliphatic heterocycles. The Balaban J connectivity index is 1.64. The van der Waals surface area contributed by atoms with Crippen molar-refractivity contribution in [2.24, 2.45) is 0 Å². The second kappa shape index (κ2) is 7.19. The van der Waals surface area contributed by atoms with Crippen molar-refractivity contribution in [3.05, 3.63) is 66.0 Å². The van der Waals surface area contributed by atoms with Gasteiger partial charge in [0.15, 0.2) is 0 Å². The molecule has 2 aromatic carbocycles. The van der Waals surface area contributed by atoms with Crippen LogP contribution >= 0.6 is 0 Å². The molecule has 1 aliphatic carbocycles. The molecule has 0 radical (unpaired) electrons. The average molecular weight is 333 g/mol. The monoisotopic (exact) mass is 333 g/mol. The number of fused-ring (bicyclic) bond motifs is 1. The van der Waals surface area contributed by atoms with E-state index in [4.69, 9.17) is 9.97 Å². The number of aromatic nitrogens is 2. The van der Waals surface area contributed by atoms with Gasteiger partial charge in [-0.05, 0) is 37.0 Å². The molecule has 128 valence electrons. The van der Waals surface area contributed by atoms with Crippen LogP contribution in [0, 0.1) is 0 Å². The van der Waals surface area contributed by atoms with Gasteiger partial charge in [-0.3, -0.25) is 0 Å². The molecule has 0 bridgehead atoms. The summed E-state index contributed by atoms with van der Waals surface area (Å²) in [6.45, 7) is 0.0615. The third-order valence-corrected chi connectivity index (χ3v) is 4.98. The van der Waals surface area contributed by atoms with Gasteiger partial charge in [0.1, 0.15) is 11.6 Å². The molecule has 1 aromatic heterocycles. The van der Waals surface area contributed by atoms with Crippen molar-refractivity contribution in [1.82, 2.24) is 9.97 Å². The van der Waals surface area contributed by atoms with Crippen molar-refractivity contribution in [2.45, 2.75) is 37.6 Å². The van der Waals surface area contributed by atoms with E-state index in [9.17, 15) is 5.11 Å². The van der Waals surface area contributed by atoms with Crippen molar-refractivity contribution in [3.63, 3.8) is 0 Å². The highest BCUT2D eigenvalue weighted by atomic mass is 16.3. The topological polar surface area (TPSA) is 58.0 Å². The number of rotatable bonds is 6. The van der Waals surface area contributed by atoms with E-state index in [-0.39, 0.29) is 12.6 Å². The van der Waals surface area contributed by atoms with Crippen LogP contribution in [0.15, 0.2) is 54.6 Å².